The van der Waals surface area contributed by atoms with Crippen molar-refractivity contribution < 1.29 is 18.7 Å². The summed E-state index contributed by atoms with van der Waals surface area (Å²) < 4.78 is 20.1. The lowest BCUT2D eigenvalue weighted by Gasteiger charge is -2.28. The molecule has 0 saturated carbocycles. The van der Waals surface area contributed by atoms with E-state index in [-0.39, 0.29) is 11.7 Å². The topological polar surface area (TPSA) is 64.4 Å². The predicted octanol–water partition coefficient (Wildman–Crippen LogP) is 4.82. The SMILES string of the molecule is CCOC(=O)c1cnn(-c2ccc(C(=O)N3CCC(=Cc4cccc(F)c4)CC3)cc2)c1C. The van der Waals surface area contributed by atoms with Crippen LogP contribution in [0.2, 0.25) is 0 Å². The minimum Gasteiger partial charge on any atom is -0.462 e. The number of aromatic nitrogens is 2. The number of rotatable bonds is 5. The second kappa shape index (κ2) is 9.81. The number of hydrogen-bond donors (Lipinski definition) is 0. The molecular weight excluding hydrogens is 421 g/mol. The number of piperidine rings is 1. The van der Waals surface area contributed by atoms with E-state index in [1.165, 1.54) is 23.9 Å². The molecular formula is C26H26FN3O3. The highest BCUT2D eigenvalue weighted by Crippen LogP contribution is 2.22. The van der Waals surface area contributed by atoms with Crippen LogP contribution in [0.5, 0.6) is 0 Å². The van der Waals surface area contributed by atoms with Crippen LogP contribution in [0, 0.1) is 12.7 Å². The summed E-state index contributed by atoms with van der Waals surface area (Å²) in [5, 5.41) is 4.29. The van der Waals surface area contributed by atoms with Gasteiger partial charge in [-0.25, -0.2) is 13.9 Å². The predicted molar refractivity (Wildman–Crippen MR) is 124 cm³/mol. The van der Waals surface area contributed by atoms with Crippen molar-refractivity contribution in [3.63, 3.8) is 0 Å². The Hall–Kier alpha value is -3.74. The van der Waals surface area contributed by atoms with Crippen molar-refractivity contribution in [2.45, 2.75) is 26.7 Å². The van der Waals surface area contributed by atoms with E-state index in [4.69, 9.17) is 4.74 Å². The van der Waals surface area contributed by atoms with E-state index < -0.39 is 5.97 Å². The summed E-state index contributed by atoms with van der Waals surface area (Å²) in [7, 11) is 0. The van der Waals surface area contributed by atoms with Crippen LogP contribution >= 0.6 is 0 Å². The van der Waals surface area contributed by atoms with Gasteiger partial charge in [0, 0.05) is 18.7 Å². The van der Waals surface area contributed by atoms with Crippen LogP contribution in [0.25, 0.3) is 11.8 Å². The highest BCUT2D eigenvalue weighted by atomic mass is 19.1. The summed E-state index contributed by atoms with van der Waals surface area (Å²) in [6, 6.07) is 13.7. The first-order valence-corrected chi connectivity index (χ1v) is 11.0. The number of esters is 1. The molecule has 0 N–H and O–H groups in total. The highest BCUT2D eigenvalue weighted by Gasteiger charge is 2.21. The number of ether oxygens (including phenoxy) is 1. The number of likely N-dealkylation sites (tertiary alicyclic amines) is 1. The molecule has 2 aromatic carbocycles. The zero-order valence-electron chi connectivity index (χ0n) is 18.8. The van der Waals surface area contributed by atoms with Gasteiger partial charge in [0.15, 0.2) is 0 Å². The second-order valence-electron chi connectivity index (χ2n) is 7.97. The Labute approximate surface area is 192 Å². The van der Waals surface area contributed by atoms with Crippen LogP contribution in [0.15, 0.2) is 60.3 Å². The maximum absolute atomic E-state index is 13.4. The van der Waals surface area contributed by atoms with Crippen LogP contribution in [0.4, 0.5) is 4.39 Å². The Bertz CT molecular complexity index is 1190. The fourth-order valence-corrected chi connectivity index (χ4v) is 3.98. The van der Waals surface area contributed by atoms with Crippen LogP contribution in [0.3, 0.4) is 0 Å². The lowest BCUT2D eigenvalue weighted by Crippen LogP contribution is -2.36. The molecule has 4 rings (SSSR count). The summed E-state index contributed by atoms with van der Waals surface area (Å²) in [6.45, 7) is 5.13. The zero-order chi connectivity index (χ0) is 23.4. The minimum atomic E-state index is -0.399. The maximum Gasteiger partial charge on any atom is 0.341 e. The Morgan fingerprint density at radius 2 is 1.85 bits per heavy atom. The molecule has 1 aromatic heterocycles. The van der Waals surface area contributed by atoms with Gasteiger partial charge >= 0.3 is 5.97 Å². The van der Waals surface area contributed by atoms with Gasteiger partial charge in [-0.05, 0) is 68.7 Å². The average molecular weight is 448 g/mol. The molecule has 0 radical (unpaired) electrons. The number of carbonyl (C=O) groups is 2. The molecule has 33 heavy (non-hydrogen) atoms. The summed E-state index contributed by atoms with van der Waals surface area (Å²) >= 11 is 0. The van der Waals surface area contributed by atoms with E-state index in [0.29, 0.717) is 36.5 Å². The Morgan fingerprint density at radius 3 is 2.52 bits per heavy atom. The van der Waals surface area contributed by atoms with E-state index in [2.05, 4.69) is 5.10 Å². The van der Waals surface area contributed by atoms with Crippen LogP contribution in [0.1, 0.15) is 51.7 Å². The molecule has 1 aliphatic heterocycles. The summed E-state index contributed by atoms with van der Waals surface area (Å²) in [6.07, 6.45) is 5.04. The number of nitrogens with zero attached hydrogens (tertiary/aromatic N) is 3. The van der Waals surface area contributed by atoms with Crippen molar-refractivity contribution in [1.29, 1.82) is 0 Å². The van der Waals surface area contributed by atoms with Gasteiger partial charge in [-0.3, -0.25) is 4.79 Å². The Morgan fingerprint density at radius 1 is 1.12 bits per heavy atom. The van der Waals surface area contributed by atoms with Crippen LogP contribution < -0.4 is 0 Å². The third kappa shape index (κ3) is 5.03. The van der Waals surface area contributed by atoms with E-state index in [0.717, 1.165) is 24.1 Å². The molecule has 1 fully saturated rings. The van der Waals surface area contributed by atoms with Gasteiger partial charge in [0.1, 0.15) is 11.4 Å². The smallest absolute Gasteiger partial charge is 0.341 e. The fourth-order valence-electron chi connectivity index (χ4n) is 3.98. The number of hydrogen-bond acceptors (Lipinski definition) is 4. The molecule has 1 amide bonds. The van der Waals surface area contributed by atoms with Crippen LogP contribution in [-0.2, 0) is 4.74 Å². The van der Waals surface area contributed by atoms with Gasteiger partial charge < -0.3 is 9.64 Å². The summed E-state index contributed by atoms with van der Waals surface area (Å²) in [5.41, 5.74) is 4.53. The monoisotopic (exact) mass is 447 g/mol. The first kappa shape index (κ1) is 22.5. The zero-order valence-corrected chi connectivity index (χ0v) is 18.8. The first-order valence-electron chi connectivity index (χ1n) is 11.0. The maximum atomic E-state index is 13.4. The van der Waals surface area contributed by atoms with Crippen molar-refractivity contribution in [2.24, 2.45) is 0 Å². The van der Waals surface area contributed by atoms with Gasteiger partial charge in [0.25, 0.3) is 5.91 Å². The van der Waals surface area contributed by atoms with Gasteiger partial charge in [-0.15, -0.1) is 0 Å². The third-order valence-electron chi connectivity index (χ3n) is 5.78. The molecule has 1 saturated heterocycles. The van der Waals surface area contributed by atoms with Crippen molar-refractivity contribution in [1.82, 2.24) is 14.7 Å². The van der Waals surface area contributed by atoms with Crippen molar-refractivity contribution in [3.05, 3.63) is 88.5 Å². The lowest BCUT2D eigenvalue weighted by molar-refractivity contribution is 0.0525. The van der Waals surface area contributed by atoms with Crippen LogP contribution in [-0.4, -0.2) is 46.3 Å². The molecule has 1 aliphatic rings. The van der Waals surface area contributed by atoms with Gasteiger partial charge in [-0.1, -0.05) is 23.8 Å². The summed E-state index contributed by atoms with van der Waals surface area (Å²) in [5.74, 6) is -0.664. The molecule has 0 aliphatic carbocycles. The molecule has 0 bridgehead atoms. The summed E-state index contributed by atoms with van der Waals surface area (Å²) in [4.78, 5) is 26.8. The molecule has 0 atom stereocenters. The third-order valence-corrected chi connectivity index (χ3v) is 5.78. The number of benzene rings is 2. The van der Waals surface area contributed by atoms with Crippen molar-refractivity contribution in [3.8, 4) is 5.69 Å². The van der Waals surface area contributed by atoms with E-state index >= 15 is 0 Å². The molecule has 0 unspecified atom stereocenters. The molecule has 3 aromatic rings. The standard InChI is InChI=1S/C26H26FN3O3/c1-3-33-26(32)24-17-28-30(18(24)2)23-9-7-21(8-10-23)25(31)29-13-11-19(12-14-29)15-20-5-4-6-22(27)16-20/h4-10,15-17H,3,11-14H2,1-2H3. The minimum absolute atomic E-state index is 0.0178. The number of amides is 1. The second-order valence-corrected chi connectivity index (χ2v) is 7.97. The Balaban J connectivity index is 1.41. The van der Waals surface area contributed by atoms with E-state index in [9.17, 15) is 14.0 Å². The molecule has 0 spiro atoms. The quantitative estimate of drug-likeness (QED) is 0.526. The Kier molecular flexibility index (Phi) is 6.68. The number of carbonyl (C=O) groups excluding carboxylic acids is 2. The van der Waals surface area contributed by atoms with Gasteiger partial charge in [-0.2, -0.15) is 5.10 Å². The van der Waals surface area contributed by atoms with E-state index in [1.807, 2.05) is 29.2 Å². The largest absolute Gasteiger partial charge is 0.462 e. The molecule has 6 nitrogen and oxygen atoms in total. The van der Waals surface area contributed by atoms with Crippen molar-refractivity contribution in [2.75, 3.05) is 19.7 Å². The van der Waals surface area contributed by atoms with Gasteiger partial charge in [0.2, 0.25) is 0 Å². The highest BCUT2D eigenvalue weighted by molar-refractivity contribution is 5.94. The fraction of sp³-hybridized carbons (Fsp3) is 0.269. The lowest BCUT2D eigenvalue weighted by atomic mass is 10.00. The normalized spacial score (nSPS) is 13.7. The number of halogens is 1. The van der Waals surface area contributed by atoms with E-state index in [1.54, 1.807) is 36.7 Å². The first-order chi connectivity index (χ1) is 16.0. The molecule has 170 valence electrons. The molecule has 7 heteroatoms. The molecule has 2 heterocycles. The van der Waals surface area contributed by atoms with Crippen molar-refractivity contribution >= 4 is 18.0 Å². The average Bonchev–Trinajstić information content (AvgIpc) is 3.21. The van der Waals surface area contributed by atoms with Gasteiger partial charge in [0.05, 0.1) is 24.2 Å².